The number of carbonyl (C=O) groups excluding carboxylic acids is 1. The number of carbonyl (C=O) groups is 1. The Kier molecular flexibility index (Phi) is 3.10. The summed E-state index contributed by atoms with van der Waals surface area (Å²) in [6.07, 6.45) is 3.56. The lowest BCUT2D eigenvalue weighted by Gasteiger charge is -2.08. The van der Waals surface area contributed by atoms with Crippen LogP contribution in [0.3, 0.4) is 0 Å². The maximum absolute atomic E-state index is 11.2. The zero-order valence-electron chi connectivity index (χ0n) is 9.23. The fourth-order valence-corrected chi connectivity index (χ4v) is 1.51. The van der Waals surface area contributed by atoms with Crippen molar-refractivity contribution in [2.45, 2.75) is 13.5 Å². The summed E-state index contributed by atoms with van der Waals surface area (Å²) < 4.78 is 1.97. The summed E-state index contributed by atoms with van der Waals surface area (Å²) in [5, 5.41) is 2.74. The number of imidazole rings is 1. The molecule has 1 aromatic rings. The van der Waals surface area contributed by atoms with Crippen LogP contribution >= 0.6 is 0 Å². The fraction of sp³-hybridized carbons (Fsp3) is 0.455. The van der Waals surface area contributed by atoms with Gasteiger partial charge in [-0.1, -0.05) is 11.8 Å². The summed E-state index contributed by atoms with van der Waals surface area (Å²) in [6.45, 7) is 4.59. The van der Waals surface area contributed by atoms with Gasteiger partial charge in [-0.15, -0.1) is 0 Å². The molecule has 84 valence electrons. The highest BCUT2D eigenvalue weighted by Gasteiger charge is 2.17. The minimum atomic E-state index is -0.0203. The van der Waals surface area contributed by atoms with Crippen LogP contribution in [-0.4, -0.2) is 40.1 Å². The number of nitrogens with zero attached hydrogens (tertiary/aromatic N) is 3. The second-order valence-electron chi connectivity index (χ2n) is 3.67. The van der Waals surface area contributed by atoms with E-state index in [9.17, 15) is 4.79 Å². The third kappa shape index (κ3) is 2.34. The number of aryl methyl sites for hydroxylation is 1. The standard InChI is InChI=1S/C11H14N4O/c1-10-8-12-9-15(10)6-3-2-5-14-7-4-13-11(14)16/h8-9H,4-7H2,1H3,(H,13,16). The van der Waals surface area contributed by atoms with Crippen LogP contribution in [0.1, 0.15) is 5.69 Å². The van der Waals surface area contributed by atoms with E-state index in [0.29, 0.717) is 13.1 Å². The molecule has 0 spiro atoms. The molecule has 1 aromatic heterocycles. The smallest absolute Gasteiger partial charge is 0.318 e. The molecule has 16 heavy (non-hydrogen) atoms. The molecule has 5 heteroatoms. The third-order valence-electron chi connectivity index (χ3n) is 2.51. The van der Waals surface area contributed by atoms with Gasteiger partial charge in [-0.25, -0.2) is 9.78 Å². The van der Waals surface area contributed by atoms with E-state index in [1.807, 2.05) is 11.5 Å². The molecule has 1 fully saturated rings. The molecule has 0 aromatic carbocycles. The SMILES string of the molecule is Cc1cncn1CC#CCN1CCNC1=O. The summed E-state index contributed by atoms with van der Waals surface area (Å²) in [6, 6.07) is -0.0203. The Morgan fingerprint density at radius 1 is 1.50 bits per heavy atom. The molecule has 0 bridgehead atoms. The molecule has 1 aliphatic rings. The number of amides is 2. The Morgan fingerprint density at radius 2 is 2.31 bits per heavy atom. The van der Waals surface area contributed by atoms with Gasteiger partial charge in [0.2, 0.25) is 0 Å². The van der Waals surface area contributed by atoms with Crippen LogP contribution in [0.25, 0.3) is 0 Å². The Balaban J connectivity index is 1.82. The third-order valence-corrected chi connectivity index (χ3v) is 2.51. The molecule has 5 nitrogen and oxygen atoms in total. The topological polar surface area (TPSA) is 50.2 Å². The van der Waals surface area contributed by atoms with Crippen LogP contribution in [0, 0.1) is 18.8 Å². The predicted molar refractivity (Wildman–Crippen MR) is 59.7 cm³/mol. The number of hydrogen-bond donors (Lipinski definition) is 1. The van der Waals surface area contributed by atoms with Gasteiger partial charge in [-0.3, -0.25) is 0 Å². The lowest BCUT2D eigenvalue weighted by molar-refractivity contribution is 0.222. The van der Waals surface area contributed by atoms with Gasteiger partial charge in [-0.2, -0.15) is 0 Å². The van der Waals surface area contributed by atoms with Crippen molar-refractivity contribution in [3.8, 4) is 11.8 Å². The second-order valence-corrected chi connectivity index (χ2v) is 3.67. The molecule has 0 atom stereocenters. The quantitative estimate of drug-likeness (QED) is 0.722. The summed E-state index contributed by atoms with van der Waals surface area (Å²) in [7, 11) is 0. The highest BCUT2D eigenvalue weighted by molar-refractivity contribution is 5.76. The van der Waals surface area contributed by atoms with Crippen LogP contribution in [0.2, 0.25) is 0 Å². The zero-order chi connectivity index (χ0) is 11.4. The van der Waals surface area contributed by atoms with Crippen LogP contribution in [0.5, 0.6) is 0 Å². The molecule has 1 aliphatic heterocycles. The molecule has 1 N–H and O–H groups in total. The lowest BCUT2D eigenvalue weighted by atomic mass is 10.4. The first-order valence-corrected chi connectivity index (χ1v) is 5.22. The average molecular weight is 218 g/mol. The van der Waals surface area contributed by atoms with Gasteiger partial charge in [-0.05, 0) is 6.92 Å². The van der Waals surface area contributed by atoms with Gasteiger partial charge in [0.05, 0.1) is 19.4 Å². The second kappa shape index (κ2) is 4.71. The summed E-state index contributed by atoms with van der Waals surface area (Å²) >= 11 is 0. The highest BCUT2D eigenvalue weighted by atomic mass is 16.2. The molecular formula is C11H14N4O. The van der Waals surface area contributed by atoms with Crippen LogP contribution in [-0.2, 0) is 6.54 Å². The molecule has 0 radical (unpaired) electrons. The fourth-order valence-electron chi connectivity index (χ4n) is 1.51. The van der Waals surface area contributed by atoms with Crippen molar-refractivity contribution in [1.82, 2.24) is 19.8 Å². The molecule has 0 aliphatic carbocycles. The maximum Gasteiger partial charge on any atom is 0.318 e. The molecular weight excluding hydrogens is 204 g/mol. The zero-order valence-corrected chi connectivity index (χ0v) is 9.23. The number of aromatic nitrogens is 2. The first-order valence-electron chi connectivity index (χ1n) is 5.22. The van der Waals surface area contributed by atoms with E-state index < -0.39 is 0 Å². The van der Waals surface area contributed by atoms with E-state index in [0.717, 1.165) is 18.8 Å². The van der Waals surface area contributed by atoms with Crippen LogP contribution in [0.4, 0.5) is 4.79 Å². The number of urea groups is 1. The van der Waals surface area contributed by atoms with Crippen molar-refractivity contribution >= 4 is 6.03 Å². The molecule has 2 heterocycles. The van der Waals surface area contributed by atoms with Gasteiger partial charge >= 0.3 is 6.03 Å². The first-order chi connectivity index (χ1) is 7.77. The number of rotatable bonds is 2. The summed E-state index contributed by atoms with van der Waals surface area (Å²) in [5.41, 5.74) is 1.09. The van der Waals surface area contributed by atoms with E-state index in [2.05, 4.69) is 22.1 Å². The monoisotopic (exact) mass is 218 g/mol. The normalized spacial score (nSPS) is 14.6. The number of hydrogen-bond acceptors (Lipinski definition) is 2. The first kappa shape index (κ1) is 10.6. The minimum absolute atomic E-state index is 0.0203. The minimum Gasteiger partial charge on any atom is -0.336 e. The Hall–Kier alpha value is -1.96. The van der Waals surface area contributed by atoms with Gasteiger partial charge in [0.15, 0.2) is 0 Å². The van der Waals surface area contributed by atoms with E-state index in [-0.39, 0.29) is 6.03 Å². The van der Waals surface area contributed by atoms with E-state index in [1.165, 1.54) is 0 Å². The lowest BCUT2D eigenvalue weighted by Crippen LogP contribution is -2.28. The van der Waals surface area contributed by atoms with E-state index in [1.54, 1.807) is 17.4 Å². The predicted octanol–water partition coefficient (Wildman–Crippen LogP) is 0.220. The van der Waals surface area contributed by atoms with Gasteiger partial charge in [0.1, 0.15) is 0 Å². The van der Waals surface area contributed by atoms with Crippen LogP contribution in [0.15, 0.2) is 12.5 Å². The van der Waals surface area contributed by atoms with Crippen LogP contribution < -0.4 is 5.32 Å². The molecule has 2 rings (SSSR count). The Morgan fingerprint density at radius 3 is 2.94 bits per heavy atom. The van der Waals surface area contributed by atoms with E-state index in [4.69, 9.17) is 0 Å². The summed E-state index contributed by atoms with van der Waals surface area (Å²) in [5.74, 6) is 6.02. The van der Waals surface area contributed by atoms with Crippen molar-refractivity contribution in [1.29, 1.82) is 0 Å². The Labute approximate surface area is 94.5 Å². The maximum atomic E-state index is 11.2. The number of nitrogens with one attached hydrogen (secondary N) is 1. The molecule has 1 saturated heterocycles. The molecule has 0 saturated carbocycles. The van der Waals surface area contributed by atoms with Gasteiger partial charge in [0, 0.05) is 25.0 Å². The van der Waals surface area contributed by atoms with Crippen molar-refractivity contribution in [3.63, 3.8) is 0 Å². The van der Waals surface area contributed by atoms with Crippen molar-refractivity contribution in [2.24, 2.45) is 0 Å². The summed E-state index contributed by atoms with van der Waals surface area (Å²) in [4.78, 5) is 16.9. The average Bonchev–Trinajstić information content (AvgIpc) is 2.84. The van der Waals surface area contributed by atoms with Crippen molar-refractivity contribution < 1.29 is 4.79 Å². The van der Waals surface area contributed by atoms with Gasteiger partial charge < -0.3 is 14.8 Å². The van der Waals surface area contributed by atoms with Gasteiger partial charge in [0.25, 0.3) is 0 Å². The highest BCUT2D eigenvalue weighted by Crippen LogP contribution is 1.96. The van der Waals surface area contributed by atoms with Crippen molar-refractivity contribution in [3.05, 3.63) is 18.2 Å². The van der Waals surface area contributed by atoms with Crippen molar-refractivity contribution in [2.75, 3.05) is 19.6 Å². The molecule has 0 unspecified atom stereocenters. The Bertz CT molecular complexity index is 440. The largest absolute Gasteiger partial charge is 0.336 e. The molecule has 2 amide bonds. The van der Waals surface area contributed by atoms with E-state index >= 15 is 0 Å².